The van der Waals surface area contributed by atoms with E-state index in [2.05, 4.69) is 22.9 Å². The molecule has 2 rings (SSSR count). The molecule has 1 saturated heterocycles. The Hall–Kier alpha value is -0.350. The average Bonchev–Trinajstić information content (AvgIpc) is 2.68. The minimum absolute atomic E-state index is 0.324. The quantitative estimate of drug-likeness (QED) is 0.820. The molecular weight excluding hydrogens is 228 g/mol. The van der Waals surface area contributed by atoms with Gasteiger partial charge in [-0.25, -0.2) is 0 Å². The van der Waals surface area contributed by atoms with Gasteiger partial charge in [0, 0.05) is 31.1 Å². The van der Waals surface area contributed by atoms with E-state index in [4.69, 9.17) is 11.6 Å². The van der Waals surface area contributed by atoms with Gasteiger partial charge in [-0.3, -0.25) is 4.90 Å². The summed E-state index contributed by atoms with van der Waals surface area (Å²) in [6.45, 7) is 8.19. The van der Waals surface area contributed by atoms with Crippen molar-refractivity contribution in [2.75, 3.05) is 26.2 Å². The van der Waals surface area contributed by atoms with Crippen molar-refractivity contribution in [3.05, 3.63) is 34.0 Å². The third kappa shape index (κ3) is 2.61. The summed E-state index contributed by atoms with van der Waals surface area (Å²) in [7, 11) is 0. The summed E-state index contributed by atoms with van der Waals surface area (Å²) in [5, 5.41) is 3.35. The van der Waals surface area contributed by atoms with Crippen LogP contribution in [0, 0.1) is 0 Å². The molecule has 1 atom stereocenters. The Bertz CT molecular complexity index is 331. The van der Waals surface area contributed by atoms with E-state index in [9.17, 15) is 0 Å². The standard InChI is InChI=1S/C11H15ClN2S/c1-2-9(10-3-4-11(12)15-10)14-7-5-13-6-8-14/h2-4,9,13H,1,5-8H2/t9-/m1/s1. The topological polar surface area (TPSA) is 15.3 Å². The Morgan fingerprint density at radius 2 is 2.20 bits per heavy atom. The number of piperazine rings is 1. The van der Waals surface area contributed by atoms with E-state index in [0.717, 1.165) is 30.5 Å². The SMILES string of the molecule is C=C[C@H](c1ccc(Cl)s1)N1CCNCC1. The lowest BCUT2D eigenvalue weighted by Gasteiger charge is -2.32. The van der Waals surface area contributed by atoms with Crippen molar-refractivity contribution in [2.45, 2.75) is 6.04 Å². The van der Waals surface area contributed by atoms with Gasteiger partial charge in [-0.2, -0.15) is 0 Å². The van der Waals surface area contributed by atoms with Crippen LogP contribution in [0.15, 0.2) is 24.8 Å². The van der Waals surface area contributed by atoms with Crippen molar-refractivity contribution in [1.82, 2.24) is 10.2 Å². The van der Waals surface area contributed by atoms with Crippen LogP contribution in [0.4, 0.5) is 0 Å². The van der Waals surface area contributed by atoms with Crippen molar-refractivity contribution in [2.24, 2.45) is 0 Å². The number of rotatable bonds is 3. The van der Waals surface area contributed by atoms with Crippen molar-refractivity contribution in [3.8, 4) is 0 Å². The van der Waals surface area contributed by atoms with Gasteiger partial charge in [-0.05, 0) is 12.1 Å². The second-order valence-electron chi connectivity index (χ2n) is 3.61. The summed E-state index contributed by atoms with van der Waals surface area (Å²) in [6.07, 6.45) is 2.01. The molecule has 1 fully saturated rings. The van der Waals surface area contributed by atoms with Crippen molar-refractivity contribution < 1.29 is 0 Å². The van der Waals surface area contributed by atoms with Crippen LogP contribution in [0.25, 0.3) is 0 Å². The lowest BCUT2D eigenvalue weighted by atomic mass is 10.2. The summed E-state index contributed by atoms with van der Waals surface area (Å²) >= 11 is 7.60. The molecule has 0 unspecified atom stereocenters. The Labute approximate surface area is 99.5 Å². The van der Waals surface area contributed by atoms with Crippen molar-refractivity contribution in [1.29, 1.82) is 0 Å². The first-order chi connectivity index (χ1) is 7.31. The summed E-state index contributed by atoms with van der Waals surface area (Å²) < 4.78 is 0.854. The highest BCUT2D eigenvalue weighted by atomic mass is 35.5. The molecule has 0 bridgehead atoms. The fraction of sp³-hybridized carbons (Fsp3) is 0.455. The third-order valence-corrected chi connectivity index (χ3v) is 3.96. The number of nitrogens with zero attached hydrogens (tertiary/aromatic N) is 1. The minimum atomic E-state index is 0.324. The Balaban J connectivity index is 2.12. The maximum absolute atomic E-state index is 5.95. The summed E-state index contributed by atoms with van der Waals surface area (Å²) in [5.41, 5.74) is 0. The zero-order valence-electron chi connectivity index (χ0n) is 8.58. The van der Waals surface area contributed by atoms with Crippen LogP contribution in [0.5, 0.6) is 0 Å². The molecule has 4 heteroatoms. The van der Waals surface area contributed by atoms with E-state index in [1.165, 1.54) is 4.88 Å². The third-order valence-electron chi connectivity index (χ3n) is 2.65. The first-order valence-corrected chi connectivity index (χ1v) is 6.33. The highest BCUT2D eigenvalue weighted by Gasteiger charge is 2.20. The Morgan fingerprint density at radius 1 is 1.47 bits per heavy atom. The lowest BCUT2D eigenvalue weighted by molar-refractivity contribution is 0.206. The molecule has 0 saturated carbocycles. The van der Waals surface area contributed by atoms with Gasteiger partial charge >= 0.3 is 0 Å². The average molecular weight is 243 g/mol. The van der Waals surface area contributed by atoms with Crippen LogP contribution in [-0.2, 0) is 0 Å². The Morgan fingerprint density at radius 3 is 2.73 bits per heavy atom. The summed E-state index contributed by atoms with van der Waals surface area (Å²) in [6, 6.07) is 4.38. The molecule has 1 aliphatic rings. The number of hydrogen-bond acceptors (Lipinski definition) is 3. The van der Waals surface area contributed by atoms with E-state index in [-0.39, 0.29) is 0 Å². The molecule has 0 spiro atoms. The molecular formula is C11H15ClN2S. The molecule has 1 aromatic heterocycles. The molecule has 0 aliphatic carbocycles. The van der Waals surface area contributed by atoms with E-state index in [1.807, 2.05) is 12.1 Å². The second-order valence-corrected chi connectivity index (χ2v) is 5.36. The molecule has 0 aromatic carbocycles. The van der Waals surface area contributed by atoms with Gasteiger partial charge in [-0.1, -0.05) is 17.7 Å². The lowest BCUT2D eigenvalue weighted by Crippen LogP contribution is -2.44. The first kappa shape index (κ1) is 11.1. The van der Waals surface area contributed by atoms with Crippen LogP contribution in [0.2, 0.25) is 4.34 Å². The van der Waals surface area contributed by atoms with E-state index in [1.54, 1.807) is 11.3 Å². The summed E-state index contributed by atoms with van der Waals surface area (Å²) in [5.74, 6) is 0. The van der Waals surface area contributed by atoms with E-state index < -0.39 is 0 Å². The molecule has 1 N–H and O–H groups in total. The fourth-order valence-corrected chi connectivity index (χ4v) is 3.09. The van der Waals surface area contributed by atoms with Crippen LogP contribution >= 0.6 is 22.9 Å². The maximum Gasteiger partial charge on any atom is 0.0931 e. The molecule has 0 radical (unpaired) electrons. The van der Waals surface area contributed by atoms with Crippen LogP contribution in [0.1, 0.15) is 10.9 Å². The normalized spacial score (nSPS) is 20.1. The number of hydrogen-bond donors (Lipinski definition) is 1. The van der Waals surface area contributed by atoms with Gasteiger partial charge in [0.15, 0.2) is 0 Å². The molecule has 1 aliphatic heterocycles. The highest BCUT2D eigenvalue weighted by molar-refractivity contribution is 7.16. The van der Waals surface area contributed by atoms with Crippen LogP contribution in [0.3, 0.4) is 0 Å². The molecule has 1 aromatic rings. The first-order valence-electron chi connectivity index (χ1n) is 5.14. The van der Waals surface area contributed by atoms with Gasteiger partial charge in [0.25, 0.3) is 0 Å². The smallest absolute Gasteiger partial charge is 0.0931 e. The number of thiophene rings is 1. The van der Waals surface area contributed by atoms with Gasteiger partial charge in [0.1, 0.15) is 0 Å². The zero-order valence-corrected chi connectivity index (χ0v) is 10.2. The van der Waals surface area contributed by atoms with Gasteiger partial charge in [0.05, 0.1) is 10.4 Å². The number of halogens is 1. The van der Waals surface area contributed by atoms with Gasteiger partial charge in [-0.15, -0.1) is 17.9 Å². The van der Waals surface area contributed by atoms with E-state index >= 15 is 0 Å². The second kappa shape index (κ2) is 5.12. The molecule has 2 heterocycles. The largest absolute Gasteiger partial charge is 0.314 e. The van der Waals surface area contributed by atoms with Crippen molar-refractivity contribution >= 4 is 22.9 Å². The molecule has 82 valence electrons. The molecule has 2 nitrogen and oxygen atoms in total. The van der Waals surface area contributed by atoms with Crippen molar-refractivity contribution in [3.63, 3.8) is 0 Å². The maximum atomic E-state index is 5.95. The monoisotopic (exact) mass is 242 g/mol. The van der Waals surface area contributed by atoms with Crippen LogP contribution in [-0.4, -0.2) is 31.1 Å². The van der Waals surface area contributed by atoms with E-state index in [0.29, 0.717) is 6.04 Å². The molecule has 15 heavy (non-hydrogen) atoms. The number of nitrogens with one attached hydrogen (secondary N) is 1. The predicted octanol–water partition coefficient (Wildman–Crippen LogP) is 2.53. The summed E-state index contributed by atoms with van der Waals surface area (Å²) in [4.78, 5) is 3.72. The minimum Gasteiger partial charge on any atom is -0.314 e. The zero-order chi connectivity index (χ0) is 10.7. The highest BCUT2D eigenvalue weighted by Crippen LogP contribution is 2.31. The van der Waals surface area contributed by atoms with Crippen LogP contribution < -0.4 is 5.32 Å². The predicted molar refractivity (Wildman–Crippen MR) is 66.7 cm³/mol. The fourth-order valence-electron chi connectivity index (χ4n) is 1.89. The van der Waals surface area contributed by atoms with Gasteiger partial charge < -0.3 is 5.32 Å². The molecule has 0 amide bonds. The van der Waals surface area contributed by atoms with Gasteiger partial charge in [0.2, 0.25) is 0 Å². The Kier molecular flexibility index (Phi) is 3.81.